The number of rotatable bonds is 5. The molecule has 1 saturated heterocycles. The molecule has 3 heterocycles. The Hall–Kier alpha value is -1.93. The van der Waals surface area contributed by atoms with Crippen LogP contribution < -0.4 is 11.1 Å². The average Bonchev–Trinajstić information content (AvgIpc) is 3.10. The lowest BCUT2D eigenvalue weighted by atomic mass is 10.1. The summed E-state index contributed by atoms with van der Waals surface area (Å²) in [7, 11) is -3.81. The molecule has 3 unspecified atom stereocenters. The summed E-state index contributed by atoms with van der Waals surface area (Å²) in [6, 6.07) is 0. The number of nitrogen functional groups attached to an aromatic ring is 1. The van der Waals surface area contributed by atoms with E-state index in [0.29, 0.717) is 0 Å². The summed E-state index contributed by atoms with van der Waals surface area (Å²) in [5, 5.41) is 12.3. The van der Waals surface area contributed by atoms with Crippen LogP contribution in [0.3, 0.4) is 0 Å². The summed E-state index contributed by atoms with van der Waals surface area (Å²) in [4.78, 5) is 42.2. The minimum absolute atomic E-state index is 0.0323. The number of carbonyl (C=O) groups is 1. The van der Waals surface area contributed by atoms with Gasteiger partial charge in [0.05, 0.1) is 12.4 Å². The fourth-order valence-corrected chi connectivity index (χ4v) is 4.41. The lowest BCUT2D eigenvalue weighted by Gasteiger charge is -2.20. The van der Waals surface area contributed by atoms with Crippen molar-refractivity contribution in [3.05, 3.63) is 11.6 Å². The molecule has 1 aliphatic carbocycles. The maximum absolute atomic E-state index is 15.0. The number of fused-ring (bicyclic) bond motifs is 1. The number of aliphatic hydroxyl groups excluding tert-OH is 1. The van der Waals surface area contributed by atoms with Crippen molar-refractivity contribution < 1.29 is 38.1 Å². The molecule has 2 fully saturated rings. The van der Waals surface area contributed by atoms with Crippen molar-refractivity contribution in [3.63, 3.8) is 0 Å². The molecular formula is C14H17ClFN6O7P. The number of hydrogen-bond donors (Lipinski definition) is 5. The largest absolute Gasteiger partial charge is 0.387 e. The van der Waals surface area contributed by atoms with Gasteiger partial charge < -0.3 is 35.4 Å². The first kappa shape index (κ1) is 21.3. The molecule has 16 heteroatoms. The smallest absolute Gasteiger partial charge is 0.363 e. The van der Waals surface area contributed by atoms with Gasteiger partial charge in [0.25, 0.3) is 5.91 Å². The van der Waals surface area contributed by atoms with Crippen molar-refractivity contribution >= 4 is 42.1 Å². The molecule has 2 aromatic heterocycles. The first-order chi connectivity index (χ1) is 14.0. The molecule has 0 bridgehead atoms. The van der Waals surface area contributed by atoms with Crippen LogP contribution >= 0.6 is 19.2 Å². The quantitative estimate of drug-likeness (QED) is 0.269. The third-order valence-electron chi connectivity index (χ3n) is 5.07. The van der Waals surface area contributed by atoms with Crippen molar-refractivity contribution in [1.82, 2.24) is 24.8 Å². The number of alkyl halides is 1. The molecule has 13 nitrogen and oxygen atoms in total. The molecule has 0 aromatic carbocycles. The normalized spacial score (nSPS) is 31.9. The van der Waals surface area contributed by atoms with Crippen molar-refractivity contribution in [2.75, 3.05) is 12.8 Å². The third kappa shape index (κ3) is 3.24. The zero-order valence-corrected chi connectivity index (χ0v) is 16.9. The van der Waals surface area contributed by atoms with E-state index in [1.807, 2.05) is 0 Å². The van der Waals surface area contributed by atoms with Crippen LogP contribution in [0, 0.1) is 0 Å². The van der Waals surface area contributed by atoms with E-state index in [1.165, 1.54) is 17.9 Å². The predicted octanol–water partition coefficient (Wildman–Crippen LogP) is -0.933. The number of nitrogens with two attached hydrogens (primary N) is 1. The van der Waals surface area contributed by atoms with E-state index < -0.39 is 49.6 Å². The number of aliphatic hydroxyl groups is 1. The molecule has 164 valence electrons. The van der Waals surface area contributed by atoms with Crippen LogP contribution in [0.5, 0.6) is 0 Å². The zero-order chi connectivity index (χ0) is 22.0. The summed E-state index contributed by atoms with van der Waals surface area (Å²) < 4.78 is 38.6. The molecular weight excluding hydrogens is 450 g/mol. The van der Waals surface area contributed by atoms with Crippen LogP contribution in [0.4, 0.5) is 10.2 Å². The highest BCUT2D eigenvalue weighted by Gasteiger charge is 2.71. The van der Waals surface area contributed by atoms with Gasteiger partial charge in [-0.3, -0.25) is 13.9 Å². The van der Waals surface area contributed by atoms with Crippen molar-refractivity contribution in [2.45, 2.75) is 42.5 Å². The number of likely N-dealkylation sites (N-methyl/N-ethyl adjacent to an activating group) is 1. The fraction of sp³-hybridized carbons (Fsp3) is 0.571. The van der Waals surface area contributed by atoms with Crippen LogP contribution in [0.15, 0.2) is 6.33 Å². The van der Waals surface area contributed by atoms with E-state index in [-0.39, 0.29) is 28.7 Å². The first-order valence-electron chi connectivity index (χ1n) is 8.57. The Morgan fingerprint density at radius 3 is 2.90 bits per heavy atom. The Balaban J connectivity index is 1.61. The molecule has 6 N–H and O–H groups in total. The lowest BCUT2D eigenvalue weighted by Crippen LogP contribution is -2.38. The van der Waals surface area contributed by atoms with Crippen molar-refractivity contribution in [3.8, 4) is 0 Å². The number of imidazole rings is 1. The first-order valence-corrected chi connectivity index (χ1v) is 10.6. The number of hydrogen-bond acceptors (Lipinski definition) is 9. The summed E-state index contributed by atoms with van der Waals surface area (Å²) >= 11 is 5.80. The summed E-state index contributed by atoms with van der Waals surface area (Å²) in [5.74, 6) is -3.22. The maximum atomic E-state index is 15.0. The number of ether oxygens (including phenoxy) is 2. The third-order valence-corrected chi connectivity index (χ3v) is 6.21. The zero-order valence-electron chi connectivity index (χ0n) is 15.2. The summed E-state index contributed by atoms with van der Waals surface area (Å²) in [6.07, 6.45) is -5.12. The van der Waals surface area contributed by atoms with E-state index in [2.05, 4.69) is 20.3 Å². The minimum atomic E-state index is -4.99. The molecule has 1 spiro atoms. The number of anilines is 1. The van der Waals surface area contributed by atoms with Gasteiger partial charge in [0, 0.05) is 13.5 Å². The van der Waals surface area contributed by atoms with E-state index >= 15 is 0 Å². The highest BCUT2D eigenvalue weighted by atomic mass is 35.5. The Labute approximate surface area is 172 Å². The van der Waals surface area contributed by atoms with Gasteiger partial charge >= 0.3 is 7.60 Å². The molecule has 1 amide bonds. The second-order valence-electron chi connectivity index (χ2n) is 6.94. The highest BCUT2D eigenvalue weighted by molar-refractivity contribution is 7.53. The lowest BCUT2D eigenvalue weighted by molar-refractivity contribution is -0.132. The molecule has 0 radical (unpaired) electrons. The Morgan fingerprint density at radius 2 is 2.27 bits per heavy atom. The van der Waals surface area contributed by atoms with E-state index in [4.69, 9.17) is 26.8 Å². The minimum Gasteiger partial charge on any atom is -0.387 e. The predicted molar refractivity (Wildman–Crippen MR) is 97.9 cm³/mol. The highest BCUT2D eigenvalue weighted by Crippen LogP contribution is 2.57. The second-order valence-corrected chi connectivity index (χ2v) is 8.92. The molecule has 4 rings (SSSR count). The summed E-state index contributed by atoms with van der Waals surface area (Å²) in [6.45, 7) is 0. The van der Waals surface area contributed by atoms with Crippen LogP contribution in [-0.4, -0.2) is 77.2 Å². The second kappa shape index (κ2) is 7.05. The average molecular weight is 467 g/mol. The van der Waals surface area contributed by atoms with Gasteiger partial charge in [0.15, 0.2) is 23.9 Å². The van der Waals surface area contributed by atoms with Crippen molar-refractivity contribution in [2.24, 2.45) is 0 Å². The topological polar surface area (TPSA) is 195 Å². The Morgan fingerprint density at radius 1 is 1.57 bits per heavy atom. The molecule has 2 aromatic rings. The van der Waals surface area contributed by atoms with Gasteiger partial charge in [-0.15, -0.1) is 0 Å². The van der Waals surface area contributed by atoms with Gasteiger partial charge in [0.2, 0.25) is 11.1 Å². The summed E-state index contributed by atoms with van der Waals surface area (Å²) in [5.41, 5.74) is 4.34. The van der Waals surface area contributed by atoms with Crippen LogP contribution in [0.1, 0.15) is 12.6 Å². The number of aromatic nitrogens is 4. The van der Waals surface area contributed by atoms with Crippen LogP contribution in [-0.2, 0) is 18.8 Å². The molecule has 30 heavy (non-hydrogen) atoms. The monoisotopic (exact) mass is 466 g/mol. The number of halogens is 2. The van der Waals surface area contributed by atoms with Gasteiger partial charge in [0.1, 0.15) is 17.2 Å². The van der Waals surface area contributed by atoms with E-state index in [0.717, 1.165) is 0 Å². The van der Waals surface area contributed by atoms with E-state index in [1.54, 1.807) is 0 Å². The van der Waals surface area contributed by atoms with Crippen LogP contribution in [0.2, 0.25) is 5.28 Å². The van der Waals surface area contributed by atoms with E-state index in [9.17, 15) is 28.6 Å². The number of nitrogens with one attached hydrogen (secondary N) is 1. The molecule has 1 aliphatic heterocycles. The van der Waals surface area contributed by atoms with Gasteiger partial charge in [-0.2, -0.15) is 9.97 Å². The van der Waals surface area contributed by atoms with Gasteiger partial charge in [-0.1, -0.05) is 0 Å². The fourth-order valence-electron chi connectivity index (χ4n) is 3.49. The standard InChI is InChI=1S/C14H17ClFN6O7P/c1-18-10(24)12(30(25,26)27)28-4-2-14(4)7(23)5(16)11(29-14)22-3-19-6-8(17)20-13(15)21-9(6)22/h3-5,7,11-12,23H,2H2,1H3,(H,18,24)(H2,17,20,21)(H2,25,26,27)/t4?,5-,7-,11+,12?,14?/m0/s1. The molecule has 2 aliphatic rings. The van der Waals surface area contributed by atoms with Crippen LogP contribution in [0.25, 0.3) is 11.2 Å². The number of amides is 1. The SMILES string of the molecule is CNC(=O)C(OC1CC12O[C@@H](n1cnc3c(N)nc(Cl)nc31)[C@@H](F)[C@@H]2O)P(=O)(O)O. The Kier molecular flexibility index (Phi) is 5.01. The maximum Gasteiger partial charge on any atom is 0.363 e. The van der Waals surface area contributed by atoms with Crippen molar-refractivity contribution in [1.29, 1.82) is 0 Å². The number of nitrogens with zero attached hydrogens (tertiary/aromatic N) is 4. The molecule has 6 atom stereocenters. The Bertz CT molecular complexity index is 1070. The van der Waals surface area contributed by atoms with Gasteiger partial charge in [-0.25, -0.2) is 9.37 Å². The number of carbonyl (C=O) groups excluding carboxylic acids is 1. The van der Waals surface area contributed by atoms with Gasteiger partial charge in [-0.05, 0) is 11.6 Å². The molecule has 1 saturated carbocycles.